The van der Waals surface area contributed by atoms with Crippen molar-refractivity contribution in [1.82, 2.24) is 0 Å². The van der Waals surface area contributed by atoms with E-state index in [1.54, 1.807) is 84.9 Å². The number of rotatable bonds is 12. The maximum atomic E-state index is 13.0. The Kier molecular flexibility index (Phi) is 9.70. The first kappa shape index (κ1) is 28.3. The van der Waals surface area contributed by atoms with Gasteiger partial charge in [0.2, 0.25) is 0 Å². The monoisotopic (exact) mass is 566 g/mol. The fraction of sp³-hybridized carbons (Fsp3) is 0.133. The zero-order chi connectivity index (χ0) is 27.8. The molecule has 0 fully saturated rings. The van der Waals surface area contributed by atoms with Gasteiger partial charge < -0.3 is 24.4 Å². The van der Waals surface area contributed by atoms with E-state index in [4.69, 9.17) is 37.4 Å². The summed E-state index contributed by atoms with van der Waals surface area (Å²) in [4.78, 5) is 25.9. The van der Waals surface area contributed by atoms with E-state index < -0.39 is 23.8 Å². The van der Waals surface area contributed by atoms with Crippen LogP contribution in [0.2, 0.25) is 10.0 Å². The van der Waals surface area contributed by atoms with Crippen molar-refractivity contribution in [2.45, 2.75) is 12.2 Å². The first-order valence-electron chi connectivity index (χ1n) is 11.8. The molecule has 2 N–H and O–H groups in total. The third kappa shape index (κ3) is 6.84. The predicted molar refractivity (Wildman–Crippen MR) is 146 cm³/mol. The number of ketones is 2. The average molecular weight is 567 g/mol. The van der Waals surface area contributed by atoms with Gasteiger partial charge in [-0.2, -0.15) is 0 Å². The highest BCUT2D eigenvalue weighted by molar-refractivity contribution is 6.33. The van der Waals surface area contributed by atoms with Crippen molar-refractivity contribution in [3.05, 3.63) is 129 Å². The Morgan fingerprint density at radius 3 is 1.36 bits per heavy atom. The summed E-state index contributed by atoms with van der Waals surface area (Å²) in [6.45, 7) is -0.738. The molecule has 200 valence electrons. The Hall–Kier alpha value is -3.72. The quantitative estimate of drug-likeness (QED) is 0.119. The van der Waals surface area contributed by atoms with E-state index in [0.29, 0.717) is 11.1 Å². The van der Waals surface area contributed by atoms with Gasteiger partial charge in [-0.15, -0.1) is 0 Å². The summed E-state index contributed by atoms with van der Waals surface area (Å²) in [6.07, 6.45) is -2.81. The molecule has 0 saturated heterocycles. The number of ether oxygens (including phenoxy) is 3. The molecule has 0 saturated carbocycles. The van der Waals surface area contributed by atoms with Gasteiger partial charge in [0.15, 0.2) is 36.7 Å². The topological polar surface area (TPSA) is 102 Å². The van der Waals surface area contributed by atoms with Gasteiger partial charge in [0, 0.05) is 0 Å². The highest BCUT2D eigenvalue weighted by Crippen LogP contribution is 2.33. The third-order valence-corrected chi connectivity index (χ3v) is 6.36. The van der Waals surface area contributed by atoms with Gasteiger partial charge in [0.05, 0.1) is 21.2 Å². The Morgan fingerprint density at radius 2 is 0.974 bits per heavy atom. The van der Waals surface area contributed by atoms with Crippen molar-refractivity contribution < 1.29 is 34.0 Å². The number of hydrogen-bond acceptors (Lipinski definition) is 7. The lowest BCUT2D eigenvalue weighted by molar-refractivity contribution is -0.0540. The SMILES string of the molecule is O=C(c1cccc(Cl)c1OCOCOc1c(Cl)cccc1C(=O)C(O)c1ccccc1)C(O)c1ccccc1. The zero-order valence-electron chi connectivity index (χ0n) is 20.5. The Morgan fingerprint density at radius 1 is 0.590 bits per heavy atom. The van der Waals surface area contributed by atoms with E-state index in [2.05, 4.69) is 0 Å². The highest BCUT2D eigenvalue weighted by Gasteiger charge is 2.25. The Balaban J connectivity index is 1.40. The molecule has 2 unspecified atom stereocenters. The van der Waals surface area contributed by atoms with Crippen LogP contribution in [0.25, 0.3) is 0 Å². The van der Waals surface area contributed by atoms with Crippen LogP contribution in [0.1, 0.15) is 44.1 Å². The smallest absolute Gasteiger partial charge is 0.199 e. The average Bonchev–Trinajstić information content (AvgIpc) is 2.97. The fourth-order valence-electron chi connectivity index (χ4n) is 3.80. The van der Waals surface area contributed by atoms with Gasteiger partial charge in [0.1, 0.15) is 12.2 Å². The van der Waals surface area contributed by atoms with E-state index in [1.807, 2.05) is 0 Å². The molecule has 7 nitrogen and oxygen atoms in total. The van der Waals surface area contributed by atoms with E-state index >= 15 is 0 Å². The van der Waals surface area contributed by atoms with Gasteiger partial charge >= 0.3 is 0 Å². The van der Waals surface area contributed by atoms with Crippen LogP contribution in [-0.2, 0) is 4.74 Å². The molecule has 2 atom stereocenters. The van der Waals surface area contributed by atoms with Crippen molar-refractivity contribution in [3.8, 4) is 11.5 Å². The number of carbonyl (C=O) groups excluding carboxylic acids is 2. The summed E-state index contributed by atoms with van der Waals surface area (Å²) < 4.78 is 16.6. The summed E-state index contributed by atoms with van der Waals surface area (Å²) >= 11 is 12.5. The number of carbonyl (C=O) groups is 2. The minimum Gasteiger partial charge on any atom is -0.465 e. The van der Waals surface area contributed by atoms with Crippen molar-refractivity contribution in [3.63, 3.8) is 0 Å². The summed E-state index contributed by atoms with van der Waals surface area (Å²) in [7, 11) is 0. The number of Topliss-reactive ketones (excluding diaryl/α,β-unsaturated/α-hetero) is 2. The molecule has 0 heterocycles. The molecule has 4 aromatic carbocycles. The molecule has 9 heteroatoms. The van der Waals surface area contributed by atoms with Gasteiger partial charge in [0.25, 0.3) is 0 Å². The molecular formula is C30H24Cl2O7. The van der Waals surface area contributed by atoms with Crippen molar-refractivity contribution in [1.29, 1.82) is 0 Å². The molecule has 0 aromatic heterocycles. The molecule has 0 bridgehead atoms. The number of benzene rings is 4. The fourth-order valence-corrected chi connectivity index (χ4v) is 4.26. The molecule has 4 aromatic rings. The van der Waals surface area contributed by atoms with Crippen molar-refractivity contribution >= 4 is 34.8 Å². The molecule has 0 aliphatic heterocycles. The minimum absolute atomic E-state index is 0.0405. The van der Waals surface area contributed by atoms with Crippen molar-refractivity contribution in [2.75, 3.05) is 13.6 Å². The number of aliphatic hydroxyl groups excluding tert-OH is 2. The lowest BCUT2D eigenvalue weighted by atomic mass is 9.99. The maximum absolute atomic E-state index is 13.0. The molecule has 0 amide bonds. The van der Waals surface area contributed by atoms with Crippen LogP contribution >= 0.6 is 23.2 Å². The second-order valence-corrected chi connectivity index (χ2v) is 9.13. The van der Waals surface area contributed by atoms with Gasteiger partial charge in [-0.25, -0.2) is 0 Å². The summed E-state index contributed by atoms with van der Waals surface area (Å²) in [5, 5.41) is 21.4. The predicted octanol–water partition coefficient (Wildman–Crippen LogP) is 6.22. The molecule has 0 spiro atoms. The van der Waals surface area contributed by atoms with Crippen LogP contribution in [-0.4, -0.2) is 35.4 Å². The lowest BCUT2D eigenvalue weighted by Gasteiger charge is -2.17. The summed E-state index contributed by atoms with van der Waals surface area (Å²) in [5.74, 6) is -1.10. The van der Waals surface area contributed by atoms with Gasteiger partial charge in [-0.3, -0.25) is 9.59 Å². The molecule has 0 aliphatic carbocycles. The molecule has 0 radical (unpaired) electrons. The van der Waals surface area contributed by atoms with E-state index in [1.165, 1.54) is 12.1 Å². The van der Waals surface area contributed by atoms with Crippen LogP contribution in [0.15, 0.2) is 97.1 Å². The molecular weight excluding hydrogens is 543 g/mol. The number of para-hydroxylation sites is 2. The summed E-state index contributed by atoms with van der Waals surface area (Å²) in [6, 6.07) is 26.2. The van der Waals surface area contributed by atoms with E-state index in [-0.39, 0.29) is 46.3 Å². The van der Waals surface area contributed by atoms with Crippen LogP contribution in [0.4, 0.5) is 0 Å². The Labute approximate surface area is 235 Å². The second-order valence-electron chi connectivity index (χ2n) is 8.32. The lowest BCUT2D eigenvalue weighted by Crippen LogP contribution is -2.17. The normalized spacial score (nSPS) is 12.4. The van der Waals surface area contributed by atoms with Crippen LogP contribution in [0, 0.1) is 0 Å². The minimum atomic E-state index is -1.40. The summed E-state index contributed by atoms with van der Waals surface area (Å²) in [5.41, 5.74) is 1.02. The number of hydrogen-bond donors (Lipinski definition) is 2. The molecule has 39 heavy (non-hydrogen) atoms. The number of aliphatic hydroxyl groups is 2. The van der Waals surface area contributed by atoms with Crippen molar-refractivity contribution in [2.24, 2.45) is 0 Å². The maximum Gasteiger partial charge on any atom is 0.199 e. The molecule has 4 rings (SSSR count). The van der Waals surface area contributed by atoms with Crippen LogP contribution in [0.5, 0.6) is 11.5 Å². The standard InChI is InChI=1S/C30H24Cl2O7/c31-23-15-7-13-21(27(35)25(33)19-9-3-1-4-10-19)29(23)38-17-37-18-39-30-22(14-8-16-24(30)32)28(36)26(34)20-11-5-2-6-12-20/h1-16,25-26,33-34H,17-18H2. The van der Waals surface area contributed by atoms with Gasteiger partial charge in [-0.1, -0.05) is 96.0 Å². The van der Waals surface area contributed by atoms with Gasteiger partial charge in [-0.05, 0) is 35.4 Å². The number of halogens is 2. The first-order valence-corrected chi connectivity index (χ1v) is 12.6. The van der Waals surface area contributed by atoms with Crippen LogP contribution in [0.3, 0.4) is 0 Å². The van der Waals surface area contributed by atoms with E-state index in [0.717, 1.165) is 0 Å². The largest absolute Gasteiger partial charge is 0.465 e. The second kappa shape index (κ2) is 13.4. The Bertz CT molecular complexity index is 1320. The first-order chi connectivity index (χ1) is 18.9. The zero-order valence-corrected chi connectivity index (χ0v) is 22.0. The van der Waals surface area contributed by atoms with E-state index in [9.17, 15) is 19.8 Å². The third-order valence-electron chi connectivity index (χ3n) is 5.77. The molecule has 0 aliphatic rings. The highest BCUT2D eigenvalue weighted by atomic mass is 35.5. The van der Waals surface area contributed by atoms with Crippen LogP contribution < -0.4 is 9.47 Å².